The number of ether oxygens (including phenoxy) is 1. The van der Waals surface area contributed by atoms with Crippen molar-refractivity contribution >= 4 is 10.0 Å². The fourth-order valence-corrected chi connectivity index (χ4v) is 4.66. The number of nitrogens with zero attached hydrogens (tertiary/aromatic N) is 1. The summed E-state index contributed by atoms with van der Waals surface area (Å²) < 4.78 is 31.6. The maximum Gasteiger partial charge on any atom is 0.216 e. The summed E-state index contributed by atoms with van der Waals surface area (Å²) in [4.78, 5) is 0. The minimum absolute atomic E-state index is 0.00332. The SMILES string of the molecule is NC[C@@H]1CCCN1S(=O)(=O)C[C@H]1CCCCO1. The van der Waals surface area contributed by atoms with Gasteiger partial charge in [0.2, 0.25) is 10.0 Å². The Morgan fingerprint density at radius 3 is 2.71 bits per heavy atom. The fourth-order valence-electron chi connectivity index (χ4n) is 2.68. The summed E-state index contributed by atoms with van der Waals surface area (Å²) >= 11 is 0. The molecule has 6 heteroatoms. The van der Waals surface area contributed by atoms with E-state index in [1.54, 1.807) is 4.31 Å². The van der Waals surface area contributed by atoms with Crippen LogP contribution in [0, 0.1) is 0 Å². The van der Waals surface area contributed by atoms with Gasteiger partial charge in [0, 0.05) is 25.7 Å². The lowest BCUT2D eigenvalue weighted by atomic mass is 10.1. The predicted octanol–water partition coefficient (Wildman–Crippen LogP) is 0.308. The topological polar surface area (TPSA) is 72.6 Å². The monoisotopic (exact) mass is 262 g/mol. The largest absolute Gasteiger partial charge is 0.377 e. The van der Waals surface area contributed by atoms with E-state index < -0.39 is 10.0 Å². The average Bonchev–Trinajstić information content (AvgIpc) is 2.78. The normalized spacial score (nSPS) is 31.8. The summed E-state index contributed by atoms with van der Waals surface area (Å²) in [5, 5.41) is 0. The summed E-state index contributed by atoms with van der Waals surface area (Å²) in [5.41, 5.74) is 5.62. The van der Waals surface area contributed by atoms with Gasteiger partial charge in [-0.15, -0.1) is 0 Å². The molecule has 0 aliphatic carbocycles. The lowest BCUT2D eigenvalue weighted by Crippen LogP contribution is -2.43. The molecule has 0 spiro atoms. The van der Waals surface area contributed by atoms with Crippen LogP contribution in [0.1, 0.15) is 32.1 Å². The Morgan fingerprint density at radius 1 is 1.24 bits per heavy atom. The summed E-state index contributed by atoms with van der Waals surface area (Å²) in [6.07, 6.45) is 4.67. The molecule has 17 heavy (non-hydrogen) atoms. The molecule has 0 aromatic rings. The van der Waals surface area contributed by atoms with Gasteiger partial charge in [0.25, 0.3) is 0 Å². The van der Waals surface area contributed by atoms with Crippen molar-refractivity contribution in [2.75, 3.05) is 25.4 Å². The third-order valence-corrected chi connectivity index (χ3v) is 5.61. The molecule has 2 aliphatic heterocycles. The van der Waals surface area contributed by atoms with Gasteiger partial charge >= 0.3 is 0 Å². The summed E-state index contributed by atoms with van der Waals surface area (Å²) in [6, 6.07) is 0.00332. The van der Waals surface area contributed by atoms with Crippen LogP contribution in [0.3, 0.4) is 0 Å². The van der Waals surface area contributed by atoms with E-state index >= 15 is 0 Å². The van der Waals surface area contributed by atoms with Crippen molar-refractivity contribution in [1.29, 1.82) is 0 Å². The van der Waals surface area contributed by atoms with E-state index in [0.717, 1.165) is 32.1 Å². The second-order valence-corrected chi connectivity index (χ2v) is 6.88. The molecule has 2 heterocycles. The molecule has 2 N–H and O–H groups in total. The summed E-state index contributed by atoms with van der Waals surface area (Å²) in [7, 11) is -3.19. The van der Waals surface area contributed by atoms with E-state index in [2.05, 4.69) is 0 Å². The van der Waals surface area contributed by atoms with Crippen molar-refractivity contribution in [3.05, 3.63) is 0 Å². The molecular formula is C11H22N2O3S. The van der Waals surface area contributed by atoms with Crippen molar-refractivity contribution in [2.24, 2.45) is 5.73 Å². The molecule has 0 radical (unpaired) electrons. The molecule has 0 unspecified atom stereocenters. The van der Waals surface area contributed by atoms with Gasteiger partial charge in [0.1, 0.15) is 0 Å². The molecule has 0 bridgehead atoms. The molecule has 2 rings (SSSR count). The Labute approximate surface area is 103 Å². The number of hydrogen-bond donors (Lipinski definition) is 1. The Kier molecular flexibility index (Phi) is 4.41. The molecule has 5 nitrogen and oxygen atoms in total. The van der Waals surface area contributed by atoms with Crippen molar-refractivity contribution in [2.45, 2.75) is 44.2 Å². The minimum atomic E-state index is -3.19. The zero-order valence-electron chi connectivity index (χ0n) is 10.2. The van der Waals surface area contributed by atoms with Gasteiger partial charge in [-0.2, -0.15) is 4.31 Å². The van der Waals surface area contributed by atoms with Gasteiger partial charge in [0.15, 0.2) is 0 Å². The van der Waals surface area contributed by atoms with Crippen LogP contribution < -0.4 is 5.73 Å². The average molecular weight is 262 g/mol. The molecule has 0 aromatic carbocycles. The van der Waals surface area contributed by atoms with Crippen LogP contribution in [-0.2, 0) is 14.8 Å². The zero-order chi connectivity index (χ0) is 12.3. The lowest BCUT2D eigenvalue weighted by Gasteiger charge is -2.27. The molecule has 2 fully saturated rings. The lowest BCUT2D eigenvalue weighted by molar-refractivity contribution is 0.0298. The highest BCUT2D eigenvalue weighted by atomic mass is 32.2. The quantitative estimate of drug-likeness (QED) is 0.791. The van der Waals surface area contributed by atoms with Crippen LogP contribution >= 0.6 is 0 Å². The molecule has 100 valence electrons. The first-order valence-electron chi connectivity index (χ1n) is 6.44. The van der Waals surface area contributed by atoms with Crippen molar-refractivity contribution < 1.29 is 13.2 Å². The number of nitrogens with two attached hydrogens (primary N) is 1. The Bertz CT molecular complexity index is 339. The van der Waals surface area contributed by atoms with Gasteiger partial charge in [-0.1, -0.05) is 0 Å². The molecule has 0 saturated carbocycles. The van der Waals surface area contributed by atoms with Crippen molar-refractivity contribution in [1.82, 2.24) is 4.31 Å². The highest BCUT2D eigenvalue weighted by Gasteiger charge is 2.35. The zero-order valence-corrected chi connectivity index (χ0v) is 11.0. The first-order chi connectivity index (χ1) is 8.13. The van der Waals surface area contributed by atoms with E-state index in [-0.39, 0.29) is 17.9 Å². The van der Waals surface area contributed by atoms with Crippen LogP contribution in [0.25, 0.3) is 0 Å². The van der Waals surface area contributed by atoms with Crippen molar-refractivity contribution in [3.63, 3.8) is 0 Å². The molecule has 2 saturated heterocycles. The van der Waals surface area contributed by atoms with Gasteiger partial charge < -0.3 is 10.5 Å². The van der Waals surface area contributed by atoms with Crippen LogP contribution in [0.15, 0.2) is 0 Å². The third kappa shape index (κ3) is 3.19. The van der Waals surface area contributed by atoms with E-state index in [0.29, 0.717) is 19.7 Å². The highest BCUT2D eigenvalue weighted by Crippen LogP contribution is 2.23. The van der Waals surface area contributed by atoms with Crippen molar-refractivity contribution in [3.8, 4) is 0 Å². The van der Waals surface area contributed by atoms with E-state index in [4.69, 9.17) is 10.5 Å². The summed E-state index contributed by atoms with van der Waals surface area (Å²) in [5.74, 6) is 0.128. The molecule has 2 atom stereocenters. The molecule has 2 aliphatic rings. The number of hydrogen-bond acceptors (Lipinski definition) is 4. The third-order valence-electron chi connectivity index (χ3n) is 3.62. The number of rotatable bonds is 4. The number of sulfonamides is 1. The smallest absolute Gasteiger partial charge is 0.216 e. The van der Waals surface area contributed by atoms with Crippen LogP contribution in [0.2, 0.25) is 0 Å². The van der Waals surface area contributed by atoms with Crippen LogP contribution in [-0.4, -0.2) is 50.3 Å². The van der Waals surface area contributed by atoms with Crippen LogP contribution in [0.4, 0.5) is 0 Å². The minimum Gasteiger partial charge on any atom is -0.377 e. The van der Waals surface area contributed by atoms with Crippen LogP contribution in [0.5, 0.6) is 0 Å². The van der Waals surface area contributed by atoms with E-state index in [9.17, 15) is 8.42 Å². The van der Waals surface area contributed by atoms with Gasteiger partial charge in [0.05, 0.1) is 11.9 Å². The Morgan fingerprint density at radius 2 is 2.06 bits per heavy atom. The predicted molar refractivity (Wildman–Crippen MR) is 66.2 cm³/mol. The van der Waals surface area contributed by atoms with E-state index in [1.165, 1.54) is 0 Å². The van der Waals surface area contributed by atoms with E-state index in [1.807, 2.05) is 0 Å². The molecule has 0 amide bonds. The van der Waals surface area contributed by atoms with Gasteiger partial charge in [-0.05, 0) is 32.1 Å². The maximum absolute atomic E-state index is 12.3. The molecular weight excluding hydrogens is 240 g/mol. The highest BCUT2D eigenvalue weighted by molar-refractivity contribution is 7.89. The standard InChI is InChI=1S/C11H22N2O3S/c12-8-10-4-3-6-13(10)17(14,15)9-11-5-1-2-7-16-11/h10-11H,1-9,12H2/t10-,11+/m0/s1. The second kappa shape index (κ2) is 5.65. The fraction of sp³-hybridized carbons (Fsp3) is 1.00. The first kappa shape index (κ1) is 13.3. The molecule has 0 aromatic heterocycles. The second-order valence-electron chi connectivity index (χ2n) is 4.91. The Hall–Kier alpha value is -0.170. The summed E-state index contributed by atoms with van der Waals surface area (Å²) in [6.45, 7) is 1.74. The van der Waals surface area contributed by atoms with Gasteiger partial charge in [-0.3, -0.25) is 0 Å². The maximum atomic E-state index is 12.3. The van der Waals surface area contributed by atoms with Gasteiger partial charge in [-0.25, -0.2) is 8.42 Å². The Balaban J connectivity index is 1.97. The first-order valence-corrected chi connectivity index (χ1v) is 8.05.